The van der Waals surface area contributed by atoms with E-state index in [1.54, 1.807) is 0 Å². The molecule has 150 valence electrons. The fourth-order valence-corrected chi connectivity index (χ4v) is 3.75. The van der Waals surface area contributed by atoms with E-state index in [2.05, 4.69) is 15.6 Å². The number of nitrogens with one attached hydrogen (secondary N) is 2. The molecule has 4 aromatic rings. The van der Waals surface area contributed by atoms with Gasteiger partial charge in [-0.2, -0.15) is 0 Å². The average molecular weight is 417 g/mol. The largest absolute Gasteiger partial charge is 0.483 e. The van der Waals surface area contributed by atoms with Crippen LogP contribution in [0.5, 0.6) is 5.75 Å². The summed E-state index contributed by atoms with van der Waals surface area (Å²) in [4.78, 5) is 27.9. The maximum Gasteiger partial charge on any atom is 0.264 e. The molecule has 0 unspecified atom stereocenters. The number of amides is 2. The minimum absolute atomic E-state index is 0.103. The molecule has 1 aromatic heterocycles. The molecule has 0 saturated heterocycles. The number of nitrogens with zero attached hydrogens (tertiary/aromatic N) is 1. The Balaban J connectivity index is 1.37. The number of fused-ring (bicyclic) bond motifs is 1. The summed E-state index contributed by atoms with van der Waals surface area (Å²) in [7, 11) is 0. The molecule has 1 heterocycles. The van der Waals surface area contributed by atoms with Gasteiger partial charge >= 0.3 is 0 Å². The van der Waals surface area contributed by atoms with Gasteiger partial charge in [-0.3, -0.25) is 14.9 Å². The summed E-state index contributed by atoms with van der Waals surface area (Å²) in [5, 5.41) is 9.90. The molecule has 7 heteroatoms. The predicted molar refractivity (Wildman–Crippen MR) is 120 cm³/mol. The quantitative estimate of drug-likeness (QED) is 0.466. The van der Waals surface area contributed by atoms with Gasteiger partial charge in [0.25, 0.3) is 5.91 Å². The first-order chi connectivity index (χ1) is 14.6. The molecule has 0 bridgehead atoms. The van der Waals surface area contributed by atoms with E-state index < -0.39 is 0 Å². The summed E-state index contributed by atoms with van der Waals surface area (Å²) in [6, 6.07) is 21.0. The zero-order valence-corrected chi connectivity index (χ0v) is 17.0. The van der Waals surface area contributed by atoms with Crippen molar-refractivity contribution in [3.63, 3.8) is 0 Å². The fourth-order valence-electron chi connectivity index (χ4n) is 3.01. The molecule has 0 radical (unpaired) electrons. The van der Waals surface area contributed by atoms with Gasteiger partial charge in [0.1, 0.15) is 5.75 Å². The first-order valence-electron chi connectivity index (χ1n) is 9.32. The van der Waals surface area contributed by atoms with Gasteiger partial charge in [-0.05, 0) is 23.6 Å². The summed E-state index contributed by atoms with van der Waals surface area (Å²) in [6.07, 6.45) is 0. The van der Waals surface area contributed by atoms with Crippen LogP contribution in [0.4, 0.5) is 10.8 Å². The van der Waals surface area contributed by atoms with Crippen LogP contribution in [0.1, 0.15) is 6.92 Å². The second-order valence-corrected chi connectivity index (χ2v) is 7.47. The van der Waals surface area contributed by atoms with Crippen molar-refractivity contribution in [3.05, 3.63) is 72.1 Å². The van der Waals surface area contributed by atoms with Crippen LogP contribution in [-0.4, -0.2) is 23.4 Å². The molecule has 0 atom stereocenters. The van der Waals surface area contributed by atoms with E-state index in [0.29, 0.717) is 10.9 Å². The van der Waals surface area contributed by atoms with Crippen molar-refractivity contribution < 1.29 is 14.3 Å². The van der Waals surface area contributed by atoms with Gasteiger partial charge in [0.2, 0.25) is 5.91 Å². The second kappa shape index (κ2) is 8.75. The Kier molecular flexibility index (Phi) is 5.72. The number of benzene rings is 3. The third kappa shape index (κ3) is 4.64. The Bertz CT molecular complexity index is 1200. The van der Waals surface area contributed by atoms with E-state index >= 15 is 0 Å². The summed E-state index contributed by atoms with van der Waals surface area (Å²) >= 11 is 1.34. The molecular formula is C23H19N3O3S. The highest BCUT2D eigenvalue weighted by Crippen LogP contribution is 2.27. The van der Waals surface area contributed by atoms with Gasteiger partial charge < -0.3 is 10.1 Å². The molecule has 2 amide bonds. The van der Waals surface area contributed by atoms with Crippen LogP contribution >= 0.6 is 11.3 Å². The Labute approximate surface area is 177 Å². The van der Waals surface area contributed by atoms with E-state index in [4.69, 9.17) is 4.74 Å². The zero-order valence-electron chi connectivity index (χ0n) is 16.2. The van der Waals surface area contributed by atoms with Crippen molar-refractivity contribution in [3.8, 4) is 17.0 Å². The van der Waals surface area contributed by atoms with Gasteiger partial charge in [0.15, 0.2) is 11.7 Å². The number of ether oxygens (including phenoxy) is 1. The standard InChI is InChI=1S/C23H19N3O3S/c1-15(27)24-18-11-9-17(10-12-18)20-14-30-23(25-20)26-22(28)13-29-21-8-4-6-16-5-2-3-7-19(16)21/h2-12,14H,13H2,1H3,(H,24,27)(H,25,26,28). The SMILES string of the molecule is CC(=O)Nc1ccc(-c2csc(NC(=O)COc3cccc4ccccc34)n2)cc1. The van der Waals surface area contributed by atoms with Gasteiger partial charge in [-0.25, -0.2) is 4.98 Å². The molecule has 0 aliphatic heterocycles. The van der Waals surface area contributed by atoms with Crippen LogP contribution in [0.25, 0.3) is 22.0 Å². The summed E-state index contributed by atoms with van der Waals surface area (Å²) in [5.74, 6) is 0.277. The molecule has 0 saturated carbocycles. The monoisotopic (exact) mass is 417 g/mol. The molecule has 0 aliphatic rings. The molecule has 2 N–H and O–H groups in total. The summed E-state index contributed by atoms with van der Waals surface area (Å²) in [5.41, 5.74) is 2.37. The topological polar surface area (TPSA) is 80.3 Å². The highest BCUT2D eigenvalue weighted by molar-refractivity contribution is 7.14. The first kappa shape index (κ1) is 19.6. The van der Waals surface area contributed by atoms with Crippen LogP contribution in [0.15, 0.2) is 72.1 Å². The Morgan fingerprint density at radius 1 is 0.967 bits per heavy atom. The molecule has 3 aromatic carbocycles. The predicted octanol–water partition coefficient (Wildman–Crippen LogP) is 4.94. The molecule has 0 fully saturated rings. The molecule has 0 aliphatic carbocycles. The van der Waals surface area contributed by atoms with Gasteiger partial charge in [0.05, 0.1) is 5.69 Å². The van der Waals surface area contributed by atoms with E-state index in [-0.39, 0.29) is 18.4 Å². The number of carbonyl (C=O) groups excluding carboxylic acids is 2. The molecule has 4 rings (SSSR count). The smallest absolute Gasteiger partial charge is 0.264 e. The van der Waals surface area contributed by atoms with Crippen LogP contribution in [0.2, 0.25) is 0 Å². The van der Waals surface area contributed by atoms with Crippen molar-refractivity contribution in [1.82, 2.24) is 4.98 Å². The van der Waals surface area contributed by atoms with E-state index in [9.17, 15) is 9.59 Å². The van der Waals surface area contributed by atoms with E-state index in [1.807, 2.05) is 72.1 Å². The van der Waals surface area contributed by atoms with Gasteiger partial charge in [0, 0.05) is 28.9 Å². The lowest BCUT2D eigenvalue weighted by molar-refractivity contribution is -0.118. The van der Waals surface area contributed by atoms with Crippen LogP contribution in [0.3, 0.4) is 0 Å². The van der Waals surface area contributed by atoms with Crippen molar-refractivity contribution in [2.45, 2.75) is 6.92 Å². The third-order valence-corrected chi connectivity index (χ3v) is 5.12. The number of aromatic nitrogens is 1. The van der Waals surface area contributed by atoms with E-state index in [0.717, 1.165) is 27.7 Å². The molecule has 6 nitrogen and oxygen atoms in total. The van der Waals surface area contributed by atoms with Crippen LogP contribution in [-0.2, 0) is 9.59 Å². The maximum atomic E-state index is 12.3. The maximum absolute atomic E-state index is 12.3. The molecular weight excluding hydrogens is 398 g/mol. The fraction of sp³-hybridized carbons (Fsp3) is 0.0870. The lowest BCUT2D eigenvalue weighted by atomic mass is 10.1. The first-order valence-corrected chi connectivity index (χ1v) is 10.2. The number of hydrogen-bond donors (Lipinski definition) is 2. The third-order valence-electron chi connectivity index (χ3n) is 4.36. The summed E-state index contributed by atoms with van der Waals surface area (Å²) in [6.45, 7) is 1.36. The number of rotatable bonds is 6. The number of hydrogen-bond acceptors (Lipinski definition) is 5. The minimum Gasteiger partial charge on any atom is -0.483 e. The number of anilines is 2. The molecule has 0 spiro atoms. The van der Waals surface area contributed by atoms with Crippen molar-refractivity contribution in [1.29, 1.82) is 0 Å². The lowest BCUT2D eigenvalue weighted by Gasteiger charge is -2.08. The Morgan fingerprint density at radius 2 is 1.73 bits per heavy atom. The number of thiazole rings is 1. The van der Waals surface area contributed by atoms with Crippen molar-refractivity contribution in [2.75, 3.05) is 17.2 Å². The second-order valence-electron chi connectivity index (χ2n) is 6.61. The van der Waals surface area contributed by atoms with Gasteiger partial charge in [-0.1, -0.05) is 48.5 Å². The normalized spacial score (nSPS) is 10.6. The highest BCUT2D eigenvalue weighted by Gasteiger charge is 2.10. The van der Waals surface area contributed by atoms with Crippen LogP contribution in [0, 0.1) is 0 Å². The van der Waals surface area contributed by atoms with E-state index in [1.165, 1.54) is 18.3 Å². The van der Waals surface area contributed by atoms with Crippen molar-refractivity contribution >= 4 is 44.7 Å². The lowest BCUT2D eigenvalue weighted by Crippen LogP contribution is -2.20. The average Bonchev–Trinajstić information content (AvgIpc) is 3.20. The van der Waals surface area contributed by atoms with Crippen molar-refractivity contribution in [2.24, 2.45) is 0 Å². The minimum atomic E-state index is -0.273. The number of carbonyl (C=O) groups is 2. The Morgan fingerprint density at radius 3 is 2.53 bits per heavy atom. The molecule has 30 heavy (non-hydrogen) atoms. The van der Waals surface area contributed by atoms with Crippen LogP contribution < -0.4 is 15.4 Å². The zero-order chi connectivity index (χ0) is 20.9. The highest BCUT2D eigenvalue weighted by atomic mass is 32.1. The van der Waals surface area contributed by atoms with Gasteiger partial charge in [-0.15, -0.1) is 11.3 Å². The summed E-state index contributed by atoms with van der Waals surface area (Å²) < 4.78 is 5.72. The Hall–Kier alpha value is -3.71.